The summed E-state index contributed by atoms with van der Waals surface area (Å²) in [5.41, 5.74) is 16.7. The molecule has 9 amide bonds. The van der Waals surface area contributed by atoms with Crippen molar-refractivity contribution in [2.45, 2.75) is 122 Å². The Bertz CT molecular complexity index is 1780. The number of primary amides is 2. The van der Waals surface area contributed by atoms with Crippen LogP contribution in [0.5, 0.6) is 5.75 Å². The molecule has 1 aromatic carbocycles. The fraction of sp³-hybridized carbons (Fsp3) is 0.590. The monoisotopic (exact) mass is 894 g/mol. The van der Waals surface area contributed by atoms with Crippen LogP contribution in [-0.4, -0.2) is 141 Å². The molecule has 24 heteroatoms. The Morgan fingerprint density at radius 2 is 1.13 bits per heavy atom. The van der Waals surface area contributed by atoms with Crippen molar-refractivity contribution >= 4 is 59.1 Å². The summed E-state index contributed by atoms with van der Waals surface area (Å²) in [6, 6.07) is -4.60. The van der Waals surface area contributed by atoms with E-state index in [4.69, 9.17) is 17.2 Å². The third kappa shape index (κ3) is 20.3. The summed E-state index contributed by atoms with van der Waals surface area (Å²) in [4.78, 5) is 127. The first-order valence-electron chi connectivity index (χ1n) is 20.1. The molecule has 63 heavy (non-hydrogen) atoms. The lowest BCUT2D eigenvalue weighted by molar-refractivity contribution is -0.143. The number of rotatable bonds is 28. The van der Waals surface area contributed by atoms with Crippen molar-refractivity contribution in [1.82, 2.24) is 37.2 Å². The number of aliphatic hydroxyl groups excluding tert-OH is 2. The molecule has 352 valence electrons. The number of aromatic hydroxyl groups is 1. The number of nitrogens with two attached hydrogens (primary N) is 3. The van der Waals surface area contributed by atoms with Gasteiger partial charge < -0.3 is 74.8 Å². The second kappa shape index (κ2) is 26.8. The maximum absolute atomic E-state index is 13.9. The SMILES string of the molecule is CC(C)C[C@H](NC(=O)[C@H](CCC(N)=O)NC(=O)[C@@H](N)CCC(N)=O)C(=O)N[C@@H](Cc1ccc(O)cc1)C(=O)NCC(=O)N[C@H](C(=O)N[C@H](C(=O)N[C@@H](CO)C(=O)O)C(C)C)[C@@H](C)O. The highest BCUT2D eigenvalue weighted by molar-refractivity contribution is 5.97. The zero-order valence-electron chi connectivity index (χ0n) is 35.8. The zero-order valence-corrected chi connectivity index (χ0v) is 35.8. The second-order valence-corrected chi connectivity index (χ2v) is 15.6. The van der Waals surface area contributed by atoms with Crippen LogP contribution in [0, 0.1) is 11.8 Å². The van der Waals surface area contributed by atoms with E-state index < -0.39 is 127 Å². The molecule has 17 N–H and O–H groups in total. The van der Waals surface area contributed by atoms with Gasteiger partial charge in [-0.05, 0) is 55.7 Å². The summed E-state index contributed by atoms with van der Waals surface area (Å²) in [7, 11) is 0. The average Bonchev–Trinajstić information content (AvgIpc) is 3.19. The number of amides is 9. The van der Waals surface area contributed by atoms with Gasteiger partial charge in [-0.2, -0.15) is 0 Å². The Morgan fingerprint density at radius 1 is 0.619 bits per heavy atom. The number of carboxylic acid groups (broad SMARTS) is 1. The fourth-order valence-electron chi connectivity index (χ4n) is 5.73. The van der Waals surface area contributed by atoms with Gasteiger partial charge in [-0.25, -0.2) is 4.79 Å². The summed E-state index contributed by atoms with van der Waals surface area (Å²) in [6.07, 6.45) is -2.76. The molecule has 1 aromatic rings. The molecule has 0 heterocycles. The lowest BCUT2D eigenvalue weighted by Crippen LogP contribution is -2.60. The summed E-state index contributed by atoms with van der Waals surface area (Å²) in [5, 5.41) is 55.1. The Kier molecular flexibility index (Phi) is 23.3. The van der Waals surface area contributed by atoms with E-state index in [-0.39, 0.29) is 50.2 Å². The standard InChI is InChI=1S/C39H62N10O14/c1-18(2)14-25(45-35(58)24(11-13-29(42)54)44-33(56)23(40)10-12-28(41)53)36(59)46-26(15-21-6-8-22(52)9-7-21)34(57)43-16-30(55)48-32(20(5)51)38(61)49-31(19(3)4)37(60)47-27(17-50)39(62)63/h6-9,18-20,23-27,31-32,50-52H,10-17,40H2,1-5H3,(H2,41,53)(H2,42,54)(H,43,57)(H,44,56)(H,45,58)(H,46,59)(H,47,60)(H,48,55)(H,49,61)(H,62,63)/t20-,23+,24+,25+,26+,27+,31+,32+/m1/s1. The van der Waals surface area contributed by atoms with Gasteiger partial charge in [-0.1, -0.05) is 39.8 Å². The lowest BCUT2D eigenvalue weighted by Gasteiger charge is -2.27. The Balaban J connectivity index is 3.28. The molecule has 0 saturated carbocycles. The Morgan fingerprint density at radius 3 is 1.63 bits per heavy atom. The van der Waals surface area contributed by atoms with E-state index in [0.717, 1.165) is 6.92 Å². The van der Waals surface area contributed by atoms with Crippen molar-refractivity contribution in [2.24, 2.45) is 29.0 Å². The first-order chi connectivity index (χ1) is 29.4. The maximum atomic E-state index is 13.9. The third-order valence-corrected chi connectivity index (χ3v) is 9.25. The van der Waals surface area contributed by atoms with Crippen molar-refractivity contribution in [3.8, 4) is 5.75 Å². The predicted octanol–water partition coefficient (Wildman–Crippen LogP) is -5.02. The van der Waals surface area contributed by atoms with Gasteiger partial charge in [0.15, 0.2) is 0 Å². The lowest BCUT2D eigenvalue weighted by atomic mass is 10.00. The normalized spacial score (nSPS) is 14.9. The minimum atomic E-state index is -1.69. The molecule has 0 unspecified atom stereocenters. The molecule has 0 bridgehead atoms. The minimum absolute atomic E-state index is 0.00579. The van der Waals surface area contributed by atoms with Gasteiger partial charge in [0, 0.05) is 19.3 Å². The van der Waals surface area contributed by atoms with E-state index >= 15 is 0 Å². The molecule has 24 nitrogen and oxygen atoms in total. The smallest absolute Gasteiger partial charge is 0.328 e. The molecule has 0 aliphatic rings. The molecule has 0 aliphatic carbocycles. The molecule has 8 atom stereocenters. The summed E-state index contributed by atoms with van der Waals surface area (Å²) >= 11 is 0. The fourth-order valence-corrected chi connectivity index (χ4v) is 5.73. The van der Waals surface area contributed by atoms with Crippen molar-refractivity contribution in [1.29, 1.82) is 0 Å². The third-order valence-electron chi connectivity index (χ3n) is 9.25. The highest BCUT2D eigenvalue weighted by atomic mass is 16.4. The van der Waals surface area contributed by atoms with E-state index in [1.54, 1.807) is 13.8 Å². The summed E-state index contributed by atoms with van der Waals surface area (Å²) < 4.78 is 0. The molecule has 0 spiro atoms. The minimum Gasteiger partial charge on any atom is -0.508 e. The van der Waals surface area contributed by atoms with Gasteiger partial charge in [0.05, 0.1) is 25.3 Å². The van der Waals surface area contributed by atoms with Crippen molar-refractivity contribution in [3.05, 3.63) is 29.8 Å². The van der Waals surface area contributed by atoms with Crippen LogP contribution in [0.3, 0.4) is 0 Å². The first kappa shape index (κ1) is 54.6. The van der Waals surface area contributed by atoms with E-state index in [9.17, 15) is 68.4 Å². The molecule has 0 aromatic heterocycles. The van der Waals surface area contributed by atoms with Crippen LogP contribution in [0.4, 0.5) is 0 Å². The number of aliphatic carboxylic acids is 1. The van der Waals surface area contributed by atoms with Crippen LogP contribution in [-0.2, 0) is 54.4 Å². The largest absolute Gasteiger partial charge is 0.508 e. The van der Waals surface area contributed by atoms with Crippen molar-refractivity contribution < 1.29 is 68.4 Å². The summed E-state index contributed by atoms with van der Waals surface area (Å²) in [6.45, 7) is 5.93. The number of phenolic OH excluding ortho intramolecular Hbond substituents is 1. The van der Waals surface area contributed by atoms with E-state index in [2.05, 4.69) is 37.2 Å². The van der Waals surface area contributed by atoms with Crippen LogP contribution >= 0.6 is 0 Å². The highest BCUT2D eigenvalue weighted by Gasteiger charge is 2.34. The molecular formula is C39H62N10O14. The van der Waals surface area contributed by atoms with Crippen LogP contribution in [0.25, 0.3) is 0 Å². The van der Waals surface area contributed by atoms with Gasteiger partial charge in [-0.3, -0.25) is 43.2 Å². The van der Waals surface area contributed by atoms with Gasteiger partial charge >= 0.3 is 5.97 Å². The zero-order chi connectivity index (χ0) is 48.1. The van der Waals surface area contributed by atoms with Crippen LogP contribution in [0.15, 0.2) is 24.3 Å². The predicted molar refractivity (Wildman–Crippen MR) is 222 cm³/mol. The van der Waals surface area contributed by atoms with Gasteiger partial charge in [0.2, 0.25) is 53.2 Å². The topological polar surface area (TPSA) is 414 Å². The van der Waals surface area contributed by atoms with Crippen LogP contribution in [0.1, 0.15) is 72.3 Å². The number of hydrogen-bond donors (Lipinski definition) is 14. The van der Waals surface area contributed by atoms with Gasteiger partial charge in [0.1, 0.15) is 42.0 Å². The van der Waals surface area contributed by atoms with E-state index in [0.29, 0.717) is 5.56 Å². The number of carbonyl (C=O) groups is 10. The molecule has 0 saturated heterocycles. The molecule has 0 fully saturated rings. The maximum Gasteiger partial charge on any atom is 0.328 e. The highest BCUT2D eigenvalue weighted by Crippen LogP contribution is 2.13. The molecule has 0 radical (unpaired) electrons. The Labute approximate surface area is 363 Å². The number of hydrogen-bond acceptors (Lipinski definition) is 14. The van der Waals surface area contributed by atoms with Gasteiger partial charge in [-0.15, -0.1) is 0 Å². The number of phenols is 1. The Hall–Kier alpha value is -6.40. The van der Waals surface area contributed by atoms with Crippen molar-refractivity contribution in [2.75, 3.05) is 13.2 Å². The van der Waals surface area contributed by atoms with Crippen LogP contribution in [0.2, 0.25) is 0 Å². The summed E-state index contributed by atoms with van der Waals surface area (Å²) in [5.74, 6) is -10.6. The number of carbonyl (C=O) groups excluding carboxylic acids is 9. The van der Waals surface area contributed by atoms with Crippen LogP contribution < -0.4 is 54.4 Å². The first-order valence-corrected chi connectivity index (χ1v) is 20.1. The number of carboxylic acids is 1. The molecule has 0 aliphatic heterocycles. The number of aliphatic hydroxyl groups is 2. The van der Waals surface area contributed by atoms with E-state index in [1.807, 2.05) is 0 Å². The number of nitrogens with one attached hydrogen (secondary N) is 7. The molecular weight excluding hydrogens is 832 g/mol. The number of benzene rings is 1. The molecule has 1 rings (SSSR count). The second-order valence-electron chi connectivity index (χ2n) is 15.6. The quantitative estimate of drug-likeness (QED) is 0.0375. The van der Waals surface area contributed by atoms with Gasteiger partial charge in [0.25, 0.3) is 0 Å². The van der Waals surface area contributed by atoms with E-state index in [1.165, 1.54) is 38.1 Å². The van der Waals surface area contributed by atoms with Crippen molar-refractivity contribution in [3.63, 3.8) is 0 Å². The average molecular weight is 895 g/mol.